The first-order valence-electron chi connectivity index (χ1n) is 5.66. The Kier molecular flexibility index (Phi) is 5.62. The molecule has 4 nitrogen and oxygen atoms in total. The lowest BCUT2D eigenvalue weighted by molar-refractivity contribution is -0.123. The highest BCUT2D eigenvalue weighted by Gasteiger charge is 2.28. The van der Waals surface area contributed by atoms with E-state index in [0.29, 0.717) is 0 Å². The summed E-state index contributed by atoms with van der Waals surface area (Å²) in [5.41, 5.74) is 0.776. The molecule has 0 spiro atoms. The Bertz CT molecular complexity index is 396. The van der Waals surface area contributed by atoms with Crippen LogP contribution in [0.2, 0.25) is 0 Å². The van der Waals surface area contributed by atoms with Gasteiger partial charge < -0.3 is 15.3 Å². The number of benzene rings is 1. The maximum atomic E-state index is 12.0. The molecule has 0 aliphatic heterocycles. The zero-order valence-electron chi connectivity index (χ0n) is 10.2. The lowest BCUT2D eigenvalue weighted by atomic mass is 10.2. The summed E-state index contributed by atoms with van der Waals surface area (Å²) in [6.07, 6.45) is -4.45. The molecule has 1 rings (SSSR count). The van der Waals surface area contributed by atoms with Gasteiger partial charge in [-0.15, -0.1) is 0 Å². The molecule has 7 heteroatoms. The number of aliphatic hydroxyl groups is 1. The molecule has 1 aromatic rings. The average Bonchev–Trinajstić information content (AvgIpc) is 2.36. The Hall–Kier alpha value is -1.76. The first-order valence-corrected chi connectivity index (χ1v) is 5.66. The monoisotopic (exact) mass is 276 g/mol. The molecule has 0 saturated heterocycles. The van der Waals surface area contributed by atoms with Gasteiger partial charge in [-0.25, -0.2) is 4.79 Å². The van der Waals surface area contributed by atoms with E-state index in [1.54, 1.807) is 35.6 Å². The van der Waals surface area contributed by atoms with Crippen LogP contribution in [0.1, 0.15) is 5.56 Å². The summed E-state index contributed by atoms with van der Waals surface area (Å²) in [7, 11) is 0. The highest BCUT2D eigenvalue weighted by molar-refractivity contribution is 5.74. The van der Waals surface area contributed by atoms with Crippen LogP contribution in [0.5, 0.6) is 0 Å². The maximum absolute atomic E-state index is 12.0. The van der Waals surface area contributed by atoms with Crippen LogP contribution >= 0.6 is 0 Å². The van der Waals surface area contributed by atoms with Crippen LogP contribution < -0.4 is 5.32 Å². The molecule has 0 atom stereocenters. The van der Waals surface area contributed by atoms with Crippen molar-refractivity contribution in [1.29, 1.82) is 0 Å². The van der Waals surface area contributed by atoms with Crippen molar-refractivity contribution in [3.63, 3.8) is 0 Å². The lowest BCUT2D eigenvalue weighted by Crippen LogP contribution is -2.44. The van der Waals surface area contributed by atoms with Crippen molar-refractivity contribution in [2.75, 3.05) is 19.7 Å². The highest BCUT2D eigenvalue weighted by atomic mass is 19.4. The van der Waals surface area contributed by atoms with Crippen LogP contribution in [0.4, 0.5) is 18.0 Å². The molecule has 2 amide bonds. The molecule has 0 radical (unpaired) electrons. The summed E-state index contributed by atoms with van der Waals surface area (Å²) in [5, 5.41) is 10.6. The molecule has 0 aromatic heterocycles. The number of hydrogen-bond donors (Lipinski definition) is 2. The second-order valence-corrected chi connectivity index (χ2v) is 3.90. The van der Waals surface area contributed by atoms with E-state index in [1.165, 1.54) is 0 Å². The van der Waals surface area contributed by atoms with Crippen molar-refractivity contribution < 1.29 is 23.1 Å². The summed E-state index contributed by atoms with van der Waals surface area (Å²) >= 11 is 0. The summed E-state index contributed by atoms with van der Waals surface area (Å²) in [6, 6.07) is 7.97. The topological polar surface area (TPSA) is 52.6 Å². The lowest BCUT2D eigenvalue weighted by Gasteiger charge is -2.22. The van der Waals surface area contributed by atoms with E-state index >= 15 is 0 Å². The molecule has 0 aliphatic carbocycles. The van der Waals surface area contributed by atoms with Gasteiger partial charge in [0.05, 0.1) is 6.61 Å². The standard InChI is InChI=1S/C12H15F3N2O2/c13-12(14,15)9-16-11(19)17(6-7-18)8-10-4-2-1-3-5-10/h1-5,18H,6-9H2,(H,16,19). The quantitative estimate of drug-likeness (QED) is 0.861. The first kappa shape index (κ1) is 15.3. The second-order valence-electron chi connectivity index (χ2n) is 3.90. The number of alkyl halides is 3. The van der Waals surface area contributed by atoms with E-state index in [2.05, 4.69) is 0 Å². The van der Waals surface area contributed by atoms with Gasteiger partial charge in [-0.2, -0.15) is 13.2 Å². The minimum Gasteiger partial charge on any atom is -0.395 e. The normalized spacial score (nSPS) is 11.2. The van der Waals surface area contributed by atoms with E-state index in [-0.39, 0.29) is 19.7 Å². The fraction of sp³-hybridized carbons (Fsp3) is 0.417. The smallest absolute Gasteiger partial charge is 0.395 e. The largest absolute Gasteiger partial charge is 0.405 e. The Morgan fingerprint density at radius 3 is 2.42 bits per heavy atom. The zero-order valence-corrected chi connectivity index (χ0v) is 10.2. The van der Waals surface area contributed by atoms with E-state index < -0.39 is 18.8 Å². The predicted molar refractivity (Wildman–Crippen MR) is 63.4 cm³/mol. The van der Waals surface area contributed by atoms with Crippen molar-refractivity contribution in [1.82, 2.24) is 10.2 Å². The number of carbonyl (C=O) groups excluding carboxylic acids is 1. The molecule has 19 heavy (non-hydrogen) atoms. The average molecular weight is 276 g/mol. The van der Waals surface area contributed by atoms with Crippen LogP contribution in [0.25, 0.3) is 0 Å². The molecule has 0 aliphatic rings. The number of amides is 2. The van der Waals surface area contributed by atoms with Gasteiger partial charge in [0.25, 0.3) is 0 Å². The van der Waals surface area contributed by atoms with Gasteiger partial charge in [-0.1, -0.05) is 30.3 Å². The molecular weight excluding hydrogens is 261 g/mol. The molecule has 106 valence electrons. The molecule has 1 aromatic carbocycles. The second kappa shape index (κ2) is 6.98. The van der Waals surface area contributed by atoms with Gasteiger partial charge in [-0.3, -0.25) is 0 Å². The zero-order chi connectivity index (χ0) is 14.3. The molecule has 0 bridgehead atoms. The van der Waals surface area contributed by atoms with E-state index in [4.69, 9.17) is 5.11 Å². The first-order chi connectivity index (χ1) is 8.92. The van der Waals surface area contributed by atoms with E-state index in [0.717, 1.165) is 10.5 Å². The number of carbonyl (C=O) groups is 1. The Balaban J connectivity index is 2.59. The van der Waals surface area contributed by atoms with Crippen molar-refractivity contribution in [3.8, 4) is 0 Å². The molecule has 0 heterocycles. The van der Waals surface area contributed by atoms with Gasteiger partial charge >= 0.3 is 12.2 Å². The molecular formula is C12H15F3N2O2. The summed E-state index contributed by atoms with van der Waals surface area (Å²) in [6.45, 7) is -1.58. The number of hydrogen-bond acceptors (Lipinski definition) is 2. The third-order valence-electron chi connectivity index (χ3n) is 2.31. The SMILES string of the molecule is O=C(NCC(F)(F)F)N(CCO)Cc1ccccc1. The van der Waals surface area contributed by atoms with Crippen LogP contribution in [-0.4, -0.2) is 41.9 Å². The Morgan fingerprint density at radius 1 is 1.26 bits per heavy atom. The van der Waals surface area contributed by atoms with Gasteiger partial charge in [0.1, 0.15) is 6.54 Å². The fourth-order valence-electron chi connectivity index (χ4n) is 1.46. The van der Waals surface area contributed by atoms with Crippen LogP contribution in [0, 0.1) is 0 Å². The van der Waals surface area contributed by atoms with Crippen LogP contribution in [0.3, 0.4) is 0 Å². The highest BCUT2D eigenvalue weighted by Crippen LogP contribution is 2.12. The number of nitrogens with one attached hydrogen (secondary N) is 1. The third-order valence-corrected chi connectivity index (χ3v) is 2.31. The van der Waals surface area contributed by atoms with E-state index in [1.807, 2.05) is 0 Å². The summed E-state index contributed by atoms with van der Waals surface area (Å²) in [4.78, 5) is 12.7. The number of nitrogens with zero attached hydrogens (tertiary/aromatic N) is 1. The Labute approximate surface area is 108 Å². The molecule has 0 fully saturated rings. The number of rotatable bonds is 5. The molecule has 2 N–H and O–H groups in total. The number of urea groups is 1. The predicted octanol–water partition coefficient (Wildman–Crippen LogP) is 1.75. The summed E-state index contributed by atoms with van der Waals surface area (Å²) in [5.74, 6) is 0. The fourth-order valence-corrected chi connectivity index (χ4v) is 1.46. The third kappa shape index (κ3) is 6.10. The Morgan fingerprint density at radius 2 is 1.89 bits per heavy atom. The van der Waals surface area contributed by atoms with Crippen LogP contribution in [0.15, 0.2) is 30.3 Å². The van der Waals surface area contributed by atoms with E-state index in [9.17, 15) is 18.0 Å². The van der Waals surface area contributed by atoms with Crippen molar-refractivity contribution in [2.45, 2.75) is 12.7 Å². The number of aliphatic hydroxyl groups excluding tert-OH is 1. The van der Waals surface area contributed by atoms with Crippen molar-refractivity contribution >= 4 is 6.03 Å². The molecule has 0 unspecified atom stereocenters. The van der Waals surface area contributed by atoms with Crippen LogP contribution in [-0.2, 0) is 6.54 Å². The van der Waals surface area contributed by atoms with Gasteiger partial charge in [-0.05, 0) is 5.56 Å². The minimum atomic E-state index is -4.45. The van der Waals surface area contributed by atoms with Gasteiger partial charge in [0, 0.05) is 13.1 Å². The summed E-state index contributed by atoms with van der Waals surface area (Å²) < 4.78 is 36.0. The van der Waals surface area contributed by atoms with Gasteiger partial charge in [0.15, 0.2) is 0 Å². The van der Waals surface area contributed by atoms with Gasteiger partial charge in [0.2, 0.25) is 0 Å². The molecule has 0 saturated carbocycles. The minimum absolute atomic E-state index is 0.0292. The maximum Gasteiger partial charge on any atom is 0.405 e. The van der Waals surface area contributed by atoms with Crippen molar-refractivity contribution in [3.05, 3.63) is 35.9 Å². The van der Waals surface area contributed by atoms with Crippen molar-refractivity contribution in [2.24, 2.45) is 0 Å². The number of halogens is 3.